The van der Waals surface area contributed by atoms with Crippen molar-refractivity contribution in [1.82, 2.24) is 15.0 Å². The molecule has 0 bridgehead atoms. The van der Waals surface area contributed by atoms with E-state index in [9.17, 15) is 0 Å². The van der Waals surface area contributed by atoms with Crippen molar-refractivity contribution in [3.63, 3.8) is 0 Å². The van der Waals surface area contributed by atoms with E-state index in [0.717, 1.165) is 5.69 Å². The number of hydrogen-bond donors (Lipinski definition) is 1. The first kappa shape index (κ1) is 12.0. The van der Waals surface area contributed by atoms with Crippen molar-refractivity contribution in [2.24, 2.45) is 0 Å². The molecule has 0 saturated carbocycles. The molecule has 5 nitrogen and oxygen atoms in total. The molecule has 0 aliphatic rings. The average Bonchev–Trinajstić information content (AvgIpc) is 2.46. The van der Waals surface area contributed by atoms with Gasteiger partial charge in [0.05, 0.1) is 24.9 Å². The zero-order valence-electron chi connectivity index (χ0n) is 9.90. The third-order valence-corrected chi connectivity index (χ3v) is 2.10. The molecule has 0 spiro atoms. The molecule has 1 rings (SSSR count). The molecule has 0 amide bonds. The highest BCUT2D eigenvalue weighted by molar-refractivity contribution is 5.34. The molecule has 0 radical (unpaired) electrons. The molecule has 0 atom stereocenters. The molecule has 1 aromatic heterocycles. The Morgan fingerprint density at radius 3 is 2.53 bits per heavy atom. The van der Waals surface area contributed by atoms with E-state index >= 15 is 0 Å². The van der Waals surface area contributed by atoms with Gasteiger partial charge < -0.3 is 10.5 Å². The molecule has 0 saturated heterocycles. The van der Waals surface area contributed by atoms with Gasteiger partial charge in [0.1, 0.15) is 0 Å². The Morgan fingerprint density at radius 1 is 1.33 bits per heavy atom. The van der Waals surface area contributed by atoms with Crippen LogP contribution in [0.5, 0.6) is 0 Å². The second-order valence-electron chi connectivity index (χ2n) is 4.16. The van der Waals surface area contributed by atoms with E-state index in [1.54, 1.807) is 0 Å². The fraction of sp³-hybridized carbons (Fsp3) is 0.800. The first-order valence-electron chi connectivity index (χ1n) is 5.32. The summed E-state index contributed by atoms with van der Waals surface area (Å²) in [4.78, 5) is 0. The molecule has 15 heavy (non-hydrogen) atoms. The molecule has 1 heterocycles. The van der Waals surface area contributed by atoms with E-state index in [-0.39, 0.29) is 6.10 Å². The van der Waals surface area contributed by atoms with Crippen LogP contribution in [0.2, 0.25) is 0 Å². The molecule has 2 N–H and O–H groups in total. The van der Waals surface area contributed by atoms with Gasteiger partial charge in [-0.25, -0.2) is 4.68 Å². The van der Waals surface area contributed by atoms with Crippen molar-refractivity contribution in [2.45, 2.75) is 46.3 Å². The second kappa shape index (κ2) is 5.11. The molecular weight excluding hydrogens is 192 g/mol. The first-order chi connectivity index (χ1) is 7.02. The van der Waals surface area contributed by atoms with Crippen LogP contribution < -0.4 is 5.73 Å². The summed E-state index contributed by atoms with van der Waals surface area (Å²) >= 11 is 0. The van der Waals surface area contributed by atoms with Crippen molar-refractivity contribution >= 4 is 5.82 Å². The normalized spacial score (nSPS) is 11.6. The van der Waals surface area contributed by atoms with Gasteiger partial charge in [0.25, 0.3) is 0 Å². The molecule has 0 fully saturated rings. The molecule has 1 aromatic rings. The van der Waals surface area contributed by atoms with Gasteiger partial charge in [0.2, 0.25) is 0 Å². The van der Waals surface area contributed by atoms with Crippen LogP contribution in [-0.4, -0.2) is 27.7 Å². The summed E-state index contributed by atoms with van der Waals surface area (Å²) in [6, 6.07) is 0. The fourth-order valence-corrected chi connectivity index (χ4v) is 1.47. The quantitative estimate of drug-likeness (QED) is 0.801. The number of nitrogens with two attached hydrogens (primary N) is 1. The van der Waals surface area contributed by atoms with Crippen LogP contribution in [-0.2, 0) is 11.3 Å². The maximum absolute atomic E-state index is 5.74. The molecule has 0 aromatic carbocycles. The maximum atomic E-state index is 5.74. The van der Waals surface area contributed by atoms with Gasteiger partial charge in [0, 0.05) is 0 Å². The predicted octanol–water partition coefficient (Wildman–Crippen LogP) is 1.41. The Morgan fingerprint density at radius 2 is 2.00 bits per heavy atom. The number of anilines is 1. The van der Waals surface area contributed by atoms with Gasteiger partial charge in [-0.15, -0.1) is 5.10 Å². The van der Waals surface area contributed by atoms with Crippen LogP contribution in [0.1, 0.15) is 39.3 Å². The number of rotatable bonds is 5. The van der Waals surface area contributed by atoms with Crippen LogP contribution >= 0.6 is 0 Å². The smallest absolute Gasteiger partial charge is 0.169 e. The number of hydrogen-bond acceptors (Lipinski definition) is 4. The van der Waals surface area contributed by atoms with E-state index in [0.29, 0.717) is 24.9 Å². The van der Waals surface area contributed by atoms with E-state index < -0.39 is 0 Å². The minimum absolute atomic E-state index is 0.244. The second-order valence-corrected chi connectivity index (χ2v) is 4.16. The third kappa shape index (κ3) is 3.20. The van der Waals surface area contributed by atoms with Crippen LogP contribution in [0.3, 0.4) is 0 Å². The van der Waals surface area contributed by atoms with E-state index in [4.69, 9.17) is 10.5 Å². The Balaban J connectivity index is 2.61. The lowest BCUT2D eigenvalue weighted by Crippen LogP contribution is -2.14. The molecular formula is C10H20N4O. The van der Waals surface area contributed by atoms with Crippen molar-refractivity contribution in [3.8, 4) is 0 Å². The molecule has 0 aliphatic carbocycles. The SMILES string of the molecule is CC(C)OCCn1nnc(N)c1C(C)C. The average molecular weight is 212 g/mol. The summed E-state index contributed by atoms with van der Waals surface area (Å²) < 4.78 is 7.28. The number of ether oxygens (including phenoxy) is 1. The number of nitrogens with zero attached hydrogens (tertiary/aromatic N) is 3. The Kier molecular flexibility index (Phi) is 4.08. The summed E-state index contributed by atoms with van der Waals surface area (Å²) in [6.07, 6.45) is 0.244. The third-order valence-electron chi connectivity index (χ3n) is 2.10. The molecule has 0 aliphatic heterocycles. The van der Waals surface area contributed by atoms with Gasteiger partial charge in [-0.1, -0.05) is 19.1 Å². The summed E-state index contributed by atoms with van der Waals surface area (Å²) in [7, 11) is 0. The van der Waals surface area contributed by atoms with Gasteiger partial charge in [-0.3, -0.25) is 0 Å². The highest BCUT2D eigenvalue weighted by Crippen LogP contribution is 2.18. The maximum Gasteiger partial charge on any atom is 0.169 e. The Bertz CT molecular complexity index is 306. The van der Waals surface area contributed by atoms with Crippen molar-refractivity contribution < 1.29 is 4.74 Å². The van der Waals surface area contributed by atoms with Gasteiger partial charge in [0.15, 0.2) is 5.82 Å². The van der Waals surface area contributed by atoms with Crippen LogP contribution in [0.25, 0.3) is 0 Å². The standard InChI is InChI=1S/C10H20N4O/c1-7(2)9-10(11)12-13-14(9)5-6-15-8(3)4/h7-8H,5-6,11H2,1-4H3. The Hall–Kier alpha value is -1.10. The fourth-order valence-electron chi connectivity index (χ4n) is 1.47. The monoisotopic (exact) mass is 212 g/mol. The largest absolute Gasteiger partial charge is 0.381 e. The summed E-state index contributed by atoms with van der Waals surface area (Å²) in [5.74, 6) is 0.855. The number of nitrogen functional groups attached to an aromatic ring is 1. The van der Waals surface area contributed by atoms with Gasteiger partial charge in [-0.2, -0.15) is 0 Å². The van der Waals surface area contributed by atoms with Gasteiger partial charge >= 0.3 is 0 Å². The van der Waals surface area contributed by atoms with E-state index in [1.807, 2.05) is 18.5 Å². The van der Waals surface area contributed by atoms with Crippen molar-refractivity contribution in [2.75, 3.05) is 12.3 Å². The molecule has 86 valence electrons. The zero-order valence-corrected chi connectivity index (χ0v) is 9.90. The van der Waals surface area contributed by atoms with E-state index in [1.165, 1.54) is 0 Å². The van der Waals surface area contributed by atoms with E-state index in [2.05, 4.69) is 24.2 Å². The van der Waals surface area contributed by atoms with Crippen molar-refractivity contribution in [3.05, 3.63) is 5.69 Å². The summed E-state index contributed by atoms with van der Waals surface area (Å²) in [5, 5.41) is 7.87. The highest BCUT2D eigenvalue weighted by atomic mass is 16.5. The van der Waals surface area contributed by atoms with Crippen LogP contribution in [0, 0.1) is 0 Å². The predicted molar refractivity (Wildman–Crippen MR) is 59.6 cm³/mol. The molecule has 0 unspecified atom stereocenters. The Labute approximate surface area is 90.6 Å². The summed E-state index contributed by atoms with van der Waals surface area (Å²) in [6.45, 7) is 9.53. The summed E-state index contributed by atoms with van der Waals surface area (Å²) in [5.41, 5.74) is 6.73. The van der Waals surface area contributed by atoms with Crippen LogP contribution in [0.4, 0.5) is 5.82 Å². The zero-order chi connectivity index (χ0) is 11.4. The van der Waals surface area contributed by atoms with Gasteiger partial charge in [-0.05, 0) is 19.8 Å². The lowest BCUT2D eigenvalue weighted by Gasteiger charge is -2.11. The molecule has 5 heteroatoms. The number of aromatic nitrogens is 3. The highest BCUT2D eigenvalue weighted by Gasteiger charge is 2.13. The van der Waals surface area contributed by atoms with Crippen LogP contribution in [0.15, 0.2) is 0 Å². The van der Waals surface area contributed by atoms with Crippen molar-refractivity contribution in [1.29, 1.82) is 0 Å². The minimum atomic E-state index is 0.244. The first-order valence-corrected chi connectivity index (χ1v) is 5.32. The lowest BCUT2D eigenvalue weighted by atomic mass is 10.1. The minimum Gasteiger partial charge on any atom is -0.381 e. The topological polar surface area (TPSA) is 66.0 Å². The lowest BCUT2D eigenvalue weighted by molar-refractivity contribution is 0.0701.